The molecule has 6 heteroatoms. The molecule has 0 aliphatic rings. The van der Waals surface area contributed by atoms with Crippen LogP contribution in [-0.4, -0.2) is 24.6 Å². The Morgan fingerprint density at radius 3 is 2.75 bits per heavy atom. The van der Waals surface area contributed by atoms with E-state index in [0.29, 0.717) is 16.7 Å². The predicted molar refractivity (Wildman–Crippen MR) is 90.9 cm³/mol. The monoisotopic (exact) mass is 319 g/mol. The van der Waals surface area contributed by atoms with Gasteiger partial charge < -0.3 is 0 Å². The number of rotatable bonds is 2. The first kappa shape index (κ1) is 14.4. The summed E-state index contributed by atoms with van der Waals surface area (Å²) in [5.41, 5.74) is 3.83. The van der Waals surface area contributed by atoms with Crippen LogP contribution in [0.25, 0.3) is 28.7 Å². The highest BCUT2D eigenvalue weighted by Gasteiger charge is 2.07. The van der Waals surface area contributed by atoms with Crippen molar-refractivity contribution in [2.75, 3.05) is 0 Å². The highest BCUT2D eigenvalue weighted by Crippen LogP contribution is 2.17. The number of halogens is 1. The summed E-state index contributed by atoms with van der Waals surface area (Å²) in [4.78, 5) is 13.2. The largest absolute Gasteiger partial charge is 0.256 e. The number of fused-ring (bicyclic) bond motifs is 2. The number of aryl methyl sites for hydroxylation is 2. The van der Waals surface area contributed by atoms with Gasteiger partial charge in [0.1, 0.15) is 5.82 Å². The van der Waals surface area contributed by atoms with Crippen LogP contribution in [0, 0.1) is 19.7 Å². The maximum atomic E-state index is 13.7. The first-order chi connectivity index (χ1) is 11.6. The molecule has 0 saturated carbocycles. The second kappa shape index (κ2) is 5.49. The Bertz CT molecular complexity index is 1060. The minimum Gasteiger partial charge on any atom is -0.256 e. The molecule has 0 spiro atoms. The van der Waals surface area contributed by atoms with Gasteiger partial charge in [0.05, 0.1) is 22.6 Å². The van der Waals surface area contributed by atoms with E-state index in [1.165, 1.54) is 6.07 Å². The van der Waals surface area contributed by atoms with Gasteiger partial charge in [-0.3, -0.25) is 4.98 Å². The van der Waals surface area contributed by atoms with Gasteiger partial charge in [0.2, 0.25) is 0 Å². The van der Waals surface area contributed by atoms with Crippen molar-refractivity contribution >= 4 is 28.7 Å². The quantitative estimate of drug-likeness (QED) is 0.566. The van der Waals surface area contributed by atoms with E-state index in [0.717, 1.165) is 22.7 Å². The molecule has 0 saturated heterocycles. The maximum Gasteiger partial charge on any atom is 0.177 e. The zero-order chi connectivity index (χ0) is 16.7. The first-order valence-corrected chi connectivity index (χ1v) is 7.54. The molecule has 1 aromatic carbocycles. The Morgan fingerprint density at radius 2 is 1.92 bits per heavy atom. The lowest BCUT2D eigenvalue weighted by molar-refractivity contribution is 0.639. The average Bonchev–Trinajstić information content (AvgIpc) is 3.02. The predicted octanol–water partition coefficient (Wildman–Crippen LogP) is 3.60. The van der Waals surface area contributed by atoms with E-state index in [2.05, 4.69) is 20.1 Å². The van der Waals surface area contributed by atoms with Crippen LogP contribution in [0.2, 0.25) is 0 Å². The lowest BCUT2D eigenvalue weighted by Gasteiger charge is -1.99. The number of hydrogen-bond donors (Lipinski definition) is 0. The number of aromatic nitrogens is 5. The summed E-state index contributed by atoms with van der Waals surface area (Å²) < 4.78 is 15.4. The van der Waals surface area contributed by atoms with Crippen molar-refractivity contribution < 1.29 is 4.39 Å². The average molecular weight is 319 g/mol. The molecule has 0 radical (unpaired) electrons. The van der Waals surface area contributed by atoms with E-state index >= 15 is 0 Å². The van der Waals surface area contributed by atoms with Crippen molar-refractivity contribution in [3.05, 3.63) is 65.3 Å². The van der Waals surface area contributed by atoms with Crippen LogP contribution in [0.1, 0.15) is 22.9 Å². The van der Waals surface area contributed by atoms with Crippen molar-refractivity contribution in [1.29, 1.82) is 0 Å². The molecule has 3 heterocycles. The summed E-state index contributed by atoms with van der Waals surface area (Å²) in [6.07, 6.45) is 5.38. The Labute approximate surface area is 137 Å². The molecule has 0 aliphatic carbocycles. The summed E-state index contributed by atoms with van der Waals surface area (Å²) in [5, 5.41) is 4.97. The summed E-state index contributed by atoms with van der Waals surface area (Å²) in [5.74, 6) is 0.311. The lowest BCUT2D eigenvalue weighted by Crippen LogP contribution is -1.97. The van der Waals surface area contributed by atoms with Gasteiger partial charge in [-0.25, -0.2) is 18.9 Å². The normalized spacial score (nSPS) is 11.8. The first-order valence-electron chi connectivity index (χ1n) is 7.54. The second-order valence-corrected chi connectivity index (χ2v) is 5.57. The molecule has 24 heavy (non-hydrogen) atoms. The smallest absolute Gasteiger partial charge is 0.177 e. The van der Waals surface area contributed by atoms with Gasteiger partial charge in [0.15, 0.2) is 11.5 Å². The SMILES string of the molecule is Cc1ncc(C)n2nc(/C=C/c3ccc4c(F)cccc4n3)nc12. The van der Waals surface area contributed by atoms with Gasteiger partial charge >= 0.3 is 0 Å². The van der Waals surface area contributed by atoms with E-state index in [-0.39, 0.29) is 5.82 Å². The van der Waals surface area contributed by atoms with Crippen molar-refractivity contribution in [2.45, 2.75) is 13.8 Å². The number of pyridine rings is 1. The molecule has 4 rings (SSSR count). The minimum absolute atomic E-state index is 0.268. The highest BCUT2D eigenvalue weighted by atomic mass is 19.1. The second-order valence-electron chi connectivity index (χ2n) is 5.57. The molecule has 0 N–H and O–H groups in total. The van der Waals surface area contributed by atoms with Crippen LogP contribution in [-0.2, 0) is 0 Å². The van der Waals surface area contributed by atoms with Gasteiger partial charge in [0, 0.05) is 11.6 Å². The molecule has 5 nitrogen and oxygen atoms in total. The fourth-order valence-electron chi connectivity index (χ4n) is 2.57. The van der Waals surface area contributed by atoms with Gasteiger partial charge in [-0.15, -0.1) is 5.10 Å². The molecule has 3 aromatic heterocycles. The third-order valence-electron chi connectivity index (χ3n) is 3.83. The third kappa shape index (κ3) is 2.42. The van der Waals surface area contributed by atoms with Crippen molar-refractivity contribution in [3.8, 4) is 0 Å². The minimum atomic E-state index is -0.268. The van der Waals surface area contributed by atoms with E-state index in [1.807, 2.05) is 19.9 Å². The lowest BCUT2D eigenvalue weighted by atomic mass is 10.2. The Hall–Kier alpha value is -3.15. The number of hydrogen-bond acceptors (Lipinski definition) is 4. The van der Waals surface area contributed by atoms with Crippen LogP contribution in [0.15, 0.2) is 36.5 Å². The Morgan fingerprint density at radius 1 is 1.04 bits per heavy atom. The number of nitrogens with zero attached hydrogens (tertiary/aromatic N) is 5. The molecule has 0 aliphatic heterocycles. The maximum absolute atomic E-state index is 13.7. The van der Waals surface area contributed by atoms with Gasteiger partial charge in [-0.2, -0.15) is 0 Å². The van der Waals surface area contributed by atoms with Crippen LogP contribution >= 0.6 is 0 Å². The van der Waals surface area contributed by atoms with Crippen LogP contribution in [0.5, 0.6) is 0 Å². The van der Waals surface area contributed by atoms with E-state index in [9.17, 15) is 4.39 Å². The topological polar surface area (TPSA) is 56.0 Å². The van der Waals surface area contributed by atoms with E-state index in [1.54, 1.807) is 41.1 Å². The molecular weight excluding hydrogens is 305 g/mol. The van der Waals surface area contributed by atoms with Gasteiger partial charge in [-0.1, -0.05) is 6.07 Å². The summed E-state index contributed by atoms with van der Waals surface area (Å²) in [6.45, 7) is 3.83. The van der Waals surface area contributed by atoms with Crippen molar-refractivity contribution in [1.82, 2.24) is 24.6 Å². The molecule has 118 valence electrons. The van der Waals surface area contributed by atoms with Crippen LogP contribution in [0.3, 0.4) is 0 Å². The summed E-state index contributed by atoms with van der Waals surface area (Å²) in [6, 6.07) is 8.37. The summed E-state index contributed by atoms with van der Waals surface area (Å²) in [7, 11) is 0. The Kier molecular flexibility index (Phi) is 3.30. The molecule has 4 aromatic rings. The Balaban J connectivity index is 1.72. The summed E-state index contributed by atoms with van der Waals surface area (Å²) >= 11 is 0. The number of benzene rings is 1. The standard InChI is InChI=1S/C18H14FN5/c1-11-10-20-12(2)18-22-17(23-24(11)18)9-7-13-6-8-14-15(19)4-3-5-16(14)21-13/h3-10H,1-2H3/b9-7+. The van der Waals surface area contributed by atoms with Crippen LogP contribution in [0.4, 0.5) is 4.39 Å². The fraction of sp³-hybridized carbons (Fsp3) is 0.111. The van der Waals surface area contributed by atoms with Crippen molar-refractivity contribution in [2.24, 2.45) is 0 Å². The molecule has 0 atom stereocenters. The highest BCUT2D eigenvalue weighted by molar-refractivity contribution is 5.81. The fourth-order valence-corrected chi connectivity index (χ4v) is 2.57. The zero-order valence-corrected chi connectivity index (χ0v) is 13.2. The molecule has 0 bridgehead atoms. The molecule has 0 unspecified atom stereocenters. The van der Waals surface area contributed by atoms with E-state index < -0.39 is 0 Å². The van der Waals surface area contributed by atoms with Gasteiger partial charge in [-0.05, 0) is 50.3 Å². The molecule has 0 amide bonds. The van der Waals surface area contributed by atoms with Crippen LogP contribution < -0.4 is 0 Å². The zero-order valence-electron chi connectivity index (χ0n) is 13.2. The van der Waals surface area contributed by atoms with Crippen molar-refractivity contribution in [3.63, 3.8) is 0 Å². The van der Waals surface area contributed by atoms with Gasteiger partial charge in [0.25, 0.3) is 0 Å². The molecule has 0 fully saturated rings. The third-order valence-corrected chi connectivity index (χ3v) is 3.83. The molecular formula is C18H14FN5. The van der Waals surface area contributed by atoms with E-state index in [4.69, 9.17) is 0 Å².